The van der Waals surface area contributed by atoms with E-state index in [0.717, 1.165) is 0 Å². The molecule has 1 rings (SSSR count). The Kier molecular flexibility index (Phi) is 4.59. The zero-order valence-corrected chi connectivity index (χ0v) is 11.0. The number of hydrogen-bond acceptors (Lipinski definition) is 4. The number of halogens is 1. The van der Waals surface area contributed by atoms with Crippen molar-refractivity contribution in [2.45, 2.75) is 17.9 Å². The summed E-state index contributed by atoms with van der Waals surface area (Å²) in [5.74, 6) is -1.66. The van der Waals surface area contributed by atoms with E-state index in [2.05, 4.69) is 15.9 Å². The third-order valence-corrected chi connectivity index (χ3v) is 3.51. The van der Waals surface area contributed by atoms with E-state index in [1.54, 1.807) is 0 Å². The quantitative estimate of drug-likeness (QED) is 0.825. The molecule has 18 heavy (non-hydrogen) atoms. The third-order valence-electron chi connectivity index (χ3n) is 2.37. The van der Waals surface area contributed by atoms with Crippen molar-refractivity contribution >= 4 is 27.7 Å². The van der Waals surface area contributed by atoms with Gasteiger partial charge in [0.25, 0.3) is 0 Å². The Morgan fingerprint density at radius 1 is 1.39 bits per heavy atom. The van der Waals surface area contributed by atoms with E-state index in [1.165, 1.54) is 25.1 Å². The van der Waals surface area contributed by atoms with Gasteiger partial charge in [-0.1, -0.05) is 22.0 Å². The average molecular weight is 312 g/mol. The molecule has 5 nitrogen and oxygen atoms in total. The molecule has 0 amide bonds. The van der Waals surface area contributed by atoms with E-state index in [0.29, 0.717) is 0 Å². The monoisotopic (exact) mass is 311 g/mol. The highest BCUT2D eigenvalue weighted by Gasteiger charge is 2.25. The minimum Gasteiger partial charge on any atom is -0.479 e. The van der Waals surface area contributed by atoms with Crippen molar-refractivity contribution in [3.05, 3.63) is 34.9 Å². The summed E-state index contributed by atoms with van der Waals surface area (Å²) in [6.45, 7) is 1.33. The molecular weight excluding hydrogens is 302 g/mol. The molecule has 94 valence electrons. The van der Waals surface area contributed by atoms with Crippen LogP contribution in [-0.4, -0.2) is 22.0 Å². The fourth-order valence-corrected chi connectivity index (χ4v) is 1.86. The summed E-state index contributed by atoms with van der Waals surface area (Å²) in [7, 11) is 0. The Bertz CT molecular complexity index is 535. The Hall–Kier alpha value is -1.71. The van der Waals surface area contributed by atoms with Gasteiger partial charge in [0.2, 0.25) is 0 Å². The predicted molar refractivity (Wildman–Crippen MR) is 66.1 cm³/mol. The van der Waals surface area contributed by atoms with Crippen molar-refractivity contribution in [3.8, 4) is 6.07 Å². The molecule has 0 spiro atoms. The lowest BCUT2D eigenvalue weighted by molar-refractivity contribution is -0.147. The molecule has 1 aromatic carbocycles. The number of benzene rings is 1. The summed E-state index contributed by atoms with van der Waals surface area (Å²) in [5.41, 5.74) is 0.673. The molecule has 0 aromatic heterocycles. The predicted octanol–water partition coefficient (Wildman–Crippen LogP) is 1.70. The standard InChI is InChI=1S/C12H10BrNO4/c1-6(15)10(13)9-4-7(5-14)2-3-8(9)11(16)12(17)18/h2-4,10-11,16H,1H3,(H,17,18). The van der Waals surface area contributed by atoms with Crippen molar-refractivity contribution in [2.24, 2.45) is 0 Å². The first-order valence-corrected chi connectivity index (χ1v) is 5.89. The Balaban J connectivity index is 3.38. The first-order chi connectivity index (χ1) is 8.38. The largest absolute Gasteiger partial charge is 0.479 e. The number of alkyl halides is 1. The number of aliphatic hydroxyl groups excluding tert-OH is 1. The number of aliphatic hydroxyl groups is 1. The highest BCUT2D eigenvalue weighted by Crippen LogP contribution is 2.31. The second kappa shape index (κ2) is 5.76. The number of aliphatic carboxylic acids is 1. The number of ketones is 1. The van der Waals surface area contributed by atoms with Crippen LogP contribution in [0.1, 0.15) is 34.5 Å². The molecule has 2 unspecified atom stereocenters. The van der Waals surface area contributed by atoms with Gasteiger partial charge in [-0.3, -0.25) is 4.79 Å². The molecule has 0 aliphatic heterocycles. The molecule has 0 bridgehead atoms. The summed E-state index contributed by atoms with van der Waals surface area (Å²) in [6, 6.07) is 6.02. The van der Waals surface area contributed by atoms with Crippen LogP contribution in [-0.2, 0) is 9.59 Å². The van der Waals surface area contributed by atoms with Gasteiger partial charge in [0.05, 0.1) is 16.5 Å². The number of rotatable bonds is 4. The van der Waals surface area contributed by atoms with E-state index in [9.17, 15) is 14.7 Å². The van der Waals surface area contributed by atoms with Crippen LogP contribution in [0.2, 0.25) is 0 Å². The van der Waals surface area contributed by atoms with E-state index in [-0.39, 0.29) is 22.5 Å². The van der Waals surface area contributed by atoms with E-state index < -0.39 is 16.9 Å². The minimum atomic E-state index is -1.73. The fraction of sp³-hybridized carbons (Fsp3) is 0.250. The van der Waals surface area contributed by atoms with Gasteiger partial charge in [-0.2, -0.15) is 5.26 Å². The average Bonchev–Trinajstić information content (AvgIpc) is 2.35. The summed E-state index contributed by atoms with van der Waals surface area (Å²) >= 11 is 3.12. The topological polar surface area (TPSA) is 98.4 Å². The summed E-state index contributed by atoms with van der Waals surface area (Å²) in [4.78, 5) is 21.4. The Labute approximate surface area is 112 Å². The van der Waals surface area contributed by atoms with Crippen LogP contribution < -0.4 is 0 Å². The summed E-state index contributed by atoms with van der Waals surface area (Å²) < 4.78 is 0. The Morgan fingerprint density at radius 2 is 2.00 bits per heavy atom. The third kappa shape index (κ3) is 2.94. The van der Waals surface area contributed by atoms with Crippen LogP contribution in [0.5, 0.6) is 0 Å². The number of carboxylic acids is 1. The molecule has 0 fully saturated rings. The lowest BCUT2D eigenvalue weighted by Gasteiger charge is -2.15. The van der Waals surface area contributed by atoms with Gasteiger partial charge in [-0.25, -0.2) is 4.79 Å². The maximum absolute atomic E-state index is 11.3. The molecule has 0 saturated carbocycles. The van der Waals surface area contributed by atoms with Gasteiger partial charge in [-0.15, -0.1) is 0 Å². The van der Waals surface area contributed by atoms with Crippen molar-refractivity contribution in [3.63, 3.8) is 0 Å². The number of carbonyl (C=O) groups excluding carboxylic acids is 1. The van der Waals surface area contributed by atoms with Gasteiger partial charge >= 0.3 is 5.97 Å². The molecule has 6 heteroatoms. The SMILES string of the molecule is CC(=O)C(Br)c1cc(C#N)ccc1C(O)C(=O)O. The van der Waals surface area contributed by atoms with Crippen LogP contribution >= 0.6 is 15.9 Å². The molecule has 2 atom stereocenters. The van der Waals surface area contributed by atoms with Gasteiger partial charge in [-0.05, 0) is 30.2 Å². The highest BCUT2D eigenvalue weighted by atomic mass is 79.9. The minimum absolute atomic E-state index is 0.0959. The van der Waals surface area contributed by atoms with Crippen molar-refractivity contribution < 1.29 is 19.8 Å². The van der Waals surface area contributed by atoms with Gasteiger partial charge in [0.15, 0.2) is 6.10 Å². The van der Waals surface area contributed by atoms with E-state index in [4.69, 9.17) is 10.4 Å². The number of Topliss-reactive ketones (excluding diaryl/α,β-unsaturated/α-hetero) is 1. The van der Waals surface area contributed by atoms with Crippen molar-refractivity contribution in [2.75, 3.05) is 0 Å². The molecule has 0 radical (unpaired) electrons. The van der Waals surface area contributed by atoms with Crippen LogP contribution in [0.3, 0.4) is 0 Å². The summed E-state index contributed by atoms with van der Waals surface area (Å²) in [5, 5.41) is 27.1. The van der Waals surface area contributed by atoms with Crippen molar-refractivity contribution in [1.82, 2.24) is 0 Å². The van der Waals surface area contributed by atoms with Crippen LogP contribution in [0.25, 0.3) is 0 Å². The van der Waals surface area contributed by atoms with E-state index in [1.807, 2.05) is 6.07 Å². The lowest BCUT2D eigenvalue weighted by Crippen LogP contribution is -2.15. The molecule has 1 aromatic rings. The lowest BCUT2D eigenvalue weighted by atomic mass is 9.96. The molecule has 0 saturated heterocycles. The second-order valence-corrected chi connectivity index (χ2v) is 4.59. The van der Waals surface area contributed by atoms with Crippen molar-refractivity contribution in [1.29, 1.82) is 5.26 Å². The molecule has 2 N–H and O–H groups in total. The van der Waals surface area contributed by atoms with E-state index >= 15 is 0 Å². The zero-order chi connectivity index (χ0) is 13.9. The number of carbonyl (C=O) groups is 2. The molecule has 0 aliphatic rings. The number of nitriles is 1. The van der Waals surface area contributed by atoms with Crippen LogP contribution in [0, 0.1) is 11.3 Å². The van der Waals surface area contributed by atoms with Gasteiger partial charge < -0.3 is 10.2 Å². The fourth-order valence-electron chi connectivity index (χ4n) is 1.46. The number of carboxylic acid groups (broad SMARTS) is 1. The smallest absolute Gasteiger partial charge is 0.337 e. The van der Waals surface area contributed by atoms with Crippen LogP contribution in [0.15, 0.2) is 18.2 Å². The molecular formula is C12H10BrNO4. The van der Waals surface area contributed by atoms with Crippen LogP contribution in [0.4, 0.5) is 0 Å². The number of hydrogen-bond donors (Lipinski definition) is 2. The highest BCUT2D eigenvalue weighted by molar-refractivity contribution is 9.09. The molecule has 0 heterocycles. The maximum Gasteiger partial charge on any atom is 0.337 e. The second-order valence-electron chi connectivity index (χ2n) is 3.67. The number of nitrogens with zero attached hydrogens (tertiary/aromatic N) is 1. The Morgan fingerprint density at radius 3 is 2.44 bits per heavy atom. The maximum atomic E-state index is 11.3. The first kappa shape index (κ1) is 14.4. The molecule has 0 aliphatic carbocycles. The van der Waals surface area contributed by atoms with Gasteiger partial charge in [0.1, 0.15) is 5.78 Å². The normalized spacial score (nSPS) is 13.4. The first-order valence-electron chi connectivity index (χ1n) is 4.97. The summed E-state index contributed by atoms with van der Waals surface area (Å²) in [6.07, 6.45) is -1.73. The van der Waals surface area contributed by atoms with Gasteiger partial charge in [0, 0.05) is 0 Å². The zero-order valence-electron chi connectivity index (χ0n) is 9.42.